The number of halogens is 3. The number of aliphatic carboxylic acids is 1. The SMILES string of the molecule is O=C(O)CCC1=CCC(COC2=C3C(CC=C2)CCCN3Cc2cccc(C(F)(F)F)c2)C=C1. The van der Waals surface area contributed by atoms with Crippen molar-refractivity contribution in [1.29, 1.82) is 0 Å². The van der Waals surface area contributed by atoms with E-state index in [0.29, 0.717) is 31.1 Å². The molecule has 1 heterocycles. The lowest BCUT2D eigenvalue weighted by Crippen LogP contribution is -2.35. The summed E-state index contributed by atoms with van der Waals surface area (Å²) in [4.78, 5) is 12.9. The number of carbonyl (C=O) groups is 1. The molecular weight excluding hydrogens is 443 g/mol. The van der Waals surface area contributed by atoms with Gasteiger partial charge in [0.25, 0.3) is 0 Å². The topological polar surface area (TPSA) is 49.8 Å². The third-order valence-electron chi connectivity index (χ3n) is 6.62. The van der Waals surface area contributed by atoms with Crippen LogP contribution in [0.4, 0.5) is 13.2 Å². The Balaban J connectivity index is 1.44. The summed E-state index contributed by atoms with van der Waals surface area (Å²) < 4.78 is 45.8. The van der Waals surface area contributed by atoms with Gasteiger partial charge in [-0.2, -0.15) is 13.2 Å². The predicted octanol–water partition coefficient (Wildman–Crippen LogP) is 6.47. The van der Waals surface area contributed by atoms with Crippen LogP contribution in [0.2, 0.25) is 0 Å². The Morgan fingerprint density at radius 1 is 1.21 bits per heavy atom. The highest BCUT2D eigenvalue weighted by Crippen LogP contribution is 2.38. The average molecular weight is 474 g/mol. The molecule has 34 heavy (non-hydrogen) atoms. The first-order chi connectivity index (χ1) is 16.3. The molecule has 0 spiro atoms. The number of rotatable bonds is 8. The number of likely N-dealkylation sites (tertiary alicyclic amines) is 1. The Morgan fingerprint density at radius 3 is 2.79 bits per heavy atom. The van der Waals surface area contributed by atoms with Gasteiger partial charge in [0, 0.05) is 31.3 Å². The molecule has 1 aromatic rings. The smallest absolute Gasteiger partial charge is 0.416 e. The van der Waals surface area contributed by atoms with Gasteiger partial charge in [-0.25, -0.2) is 0 Å². The number of benzene rings is 1. The van der Waals surface area contributed by atoms with Gasteiger partial charge in [0.1, 0.15) is 5.76 Å². The average Bonchev–Trinajstić information content (AvgIpc) is 2.82. The molecule has 2 unspecified atom stereocenters. The van der Waals surface area contributed by atoms with Crippen molar-refractivity contribution in [2.45, 2.75) is 51.2 Å². The minimum Gasteiger partial charge on any atom is -0.491 e. The van der Waals surface area contributed by atoms with E-state index in [0.717, 1.165) is 55.3 Å². The van der Waals surface area contributed by atoms with Crippen LogP contribution in [-0.2, 0) is 22.3 Å². The molecule has 1 saturated heterocycles. The van der Waals surface area contributed by atoms with Crippen LogP contribution in [0.1, 0.15) is 49.7 Å². The van der Waals surface area contributed by atoms with Crippen molar-refractivity contribution in [3.8, 4) is 0 Å². The molecular formula is C27H30F3NO3. The summed E-state index contributed by atoms with van der Waals surface area (Å²) in [5, 5.41) is 8.85. The van der Waals surface area contributed by atoms with Gasteiger partial charge in [-0.15, -0.1) is 0 Å². The van der Waals surface area contributed by atoms with Crippen LogP contribution in [0.5, 0.6) is 0 Å². The highest BCUT2D eigenvalue weighted by molar-refractivity contribution is 5.67. The molecule has 182 valence electrons. The summed E-state index contributed by atoms with van der Waals surface area (Å²) in [5.74, 6) is 0.547. The highest BCUT2D eigenvalue weighted by atomic mass is 19.4. The number of ether oxygens (including phenoxy) is 1. The van der Waals surface area contributed by atoms with Crippen molar-refractivity contribution in [2.24, 2.45) is 11.8 Å². The van der Waals surface area contributed by atoms with Crippen molar-refractivity contribution in [1.82, 2.24) is 4.90 Å². The summed E-state index contributed by atoms with van der Waals surface area (Å²) in [6.45, 7) is 1.73. The monoisotopic (exact) mass is 473 g/mol. The number of allylic oxidation sites excluding steroid dienone is 6. The van der Waals surface area contributed by atoms with Gasteiger partial charge >= 0.3 is 12.1 Å². The van der Waals surface area contributed by atoms with E-state index in [4.69, 9.17) is 9.84 Å². The zero-order chi connectivity index (χ0) is 24.1. The molecule has 0 bridgehead atoms. The standard InChI is InChI=1S/C27H30F3NO3/c28-27(29,30)23-7-1-4-21(16-23)17-31-15-3-6-22-5-2-8-24(26(22)31)34-18-20-11-9-19(10-12-20)13-14-25(32)33/h1-2,4,7-11,16,20,22H,3,5-6,12-15,17-18H2,(H,32,33). The lowest BCUT2D eigenvalue weighted by molar-refractivity contribution is -0.138. The fourth-order valence-electron chi connectivity index (χ4n) is 4.87. The minimum atomic E-state index is -4.35. The third-order valence-corrected chi connectivity index (χ3v) is 6.62. The van der Waals surface area contributed by atoms with Crippen molar-refractivity contribution < 1.29 is 27.8 Å². The van der Waals surface area contributed by atoms with Gasteiger partial charge in [-0.05, 0) is 55.9 Å². The number of hydrogen-bond donors (Lipinski definition) is 1. The van der Waals surface area contributed by atoms with Crippen molar-refractivity contribution in [3.63, 3.8) is 0 Å². The summed E-state index contributed by atoms with van der Waals surface area (Å²) >= 11 is 0. The van der Waals surface area contributed by atoms with E-state index in [1.807, 2.05) is 12.2 Å². The molecule has 1 aromatic carbocycles. The van der Waals surface area contributed by atoms with Gasteiger partial charge in [-0.3, -0.25) is 4.79 Å². The molecule has 0 saturated carbocycles. The van der Waals surface area contributed by atoms with Crippen LogP contribution in [0.15, 0.2) is 71.7 Å². The van der Waals surface area contributed by atoms with Gasteiger partial charge in [0.05, 0.1) is 17.9 Å². The van der Waals surface area contributed by atoms with Gasteiger partial charge in [-0.1, -0.05) is 42.0 Å². The normalized spacial score (nSPS) is 22.4. The molecule has 7 heteroatoms. The largest absolute Gasteiger partial charge is 0.491 e. The molecule has 1 fully saturated rings. The van der Waals surface area contributed by atoms with Crippen LogP contribution in [0, 0.1) is 11.8 Å². The van der Waals surface area contributed by atoms with Crippen LogP contribution in [-0.4, -0.2) is 29.1 Å². The fourth-order valence-corrected chi connectivity index (χ4v) is 4.87. The summed E-state index contributed by atoms with van der Waals surface area (Å²) in [6, 6.07) is 5.57. The lowest BCUT2D eigenvalue weighted by Gasteiger charge is -2.39. The molecule has 4 rings (SSSR count). The Morgan fingerprint density at radius 2 is 2.06 bits per heavy atom. The molecule has 1 N–H and O–H groups in total. The number of hydrogen-bond acceptors (Lipinski definition) is 3. The van der Waals surface area contributed by atoms with Gasteiger partial charge < -0.3 is 14.7 Å². The molecule has 0 amide bonds. The van der Waals surface area contributed by atoms with Crippen LogP contribution >= 0.6 is 0 Å². The first-order valence-corrected chi connectivity index (χ1v) is 11.8. The minimum absolute atomic E-state index is 0.126. The number of carboxylic acids is 1. The Labute approximate surface area is 198 Å². The second kappa shape index (κ2) is 10.5. The van der Waals surface area contributed by atoms with Crippen LogP contribution < -0.4 is 0 Å². The van der Waals surface area contributed by atoms with E-state index in [1.54, 1.807) is 6.07 Å². The van der Waals surface area contributed by atoms with Crippen LogP contribution in [0.3, 0.4) is 0 Å². The van der Waals surface area contributed by atoms with E-state index < -0.39 is 17.7 Å². The molecule has 3 aliphatic rings. The number of alkyl halides is 3. The van der Waals surface area contributed by atoms with E-state index in [1.165, 1.54) is 12.1 Å². The number of fused-ring (bicyclic) bond motifs is 1. The maximum atomic E-state index is 13.2. The number of nitrogens with zero attached hydrogens (tertiary/aromatic N) is 1. The number of piperidine rings is 1. The first kappa shape index (κ1) is 24.2. The molecule has 2 atom stereocenters. The zero-order valence-electron chi connectivity index (χ0n) is 19.1. The van der Waals surface area contributed by atoms with Crippen LogP contribution in [0.25, 0.3) is 0 Å². The lowest BCUT2D eigenvalue weighted by atomic mass is 9.86. The Kier molecular flexibility index (Phi) is 7.49. The summed E-state index contributed by atoms with van der Waals surface area (Å²) in [6.07, 6.45) is 10.3. The first-order valence-electron chi connectivity index (χ1n) is 11.8. The zero-order valence-corrected chi connectivity index (χ0v) is 19.1. The second-order valence-corrected chi connectivity index (χ2v) is 9.19. The highest BCUT2D eigenvalue weighted by Gasteiger charge is 2.32. The van der Waals surface area contributed by atoms with Gasteiger partial charge in [0.2, 0.25) is 0 Å². The summed E-state index contributed by atoms with van der Waals surface area (Å²) in [5.41, 5.74) is 2.17. The van der Waals surface area contributed by atoms with E-state index in [-0.39, 0.29) is 12.3 Å². The molecule has 4 nitrogen and oxygen atoms in total. The molecule has 0 aromatic heterocycles. The van der Waals surface area contributed by atoms with Crippen molar-refractivity contribution in [2.75, 3.05) is 13.2 Å². The Hall–Kier alpha value is -2.96. The Bertz CT molecular complexity index is 1020. The third kappa shape index (κ3) is 6.13. The van der Waals surface area contributed by atoms with Crippen molar-refractivity contribution >= 4 is 5.97 Å². The maximum absolute atomic E-state index is 13.2. The van der Waals surface area contributed by atoms with E-state index >= 15 is 0 Å². The molecule has 2 aliphatic carbocycles. The quantitative estimate of drug-likeness (QED) is 0.470. The van der Waals surface area contributed by atoms with E-state index in [9.17, 15) is 18.0 Å². The maximum Gasteiger partial charge on any atom is 0.416 e. The molecule has 1 aliphatic heterocycles. The second-order valence-electron chi connectivity index (χ2n) is 9.19. The molecule has 0 radical (unpaired) electrons. The number of carboxylic acid groups (broad SMARTS) is 1. The van der Waals surface area contributed by atoms with Crippen molar-refractivity contribution in [3.05, 3.63) is 82.8 Å². The van der Waals surface area contributed by atoms with Gasteiger partial charge in [0.15, 0.2) is 0 Å². The van der Waals surface area contributed by atoms with E-state index in [2.05, 4.69) is 23.1 Å². The summed E-state index contributed by atoms with van der Waals surface area (Å²) in [7, 11) is 0. The predicted molar refractivity (Wildman–Crippen MR) is 124 cm³/mol. The fraction of sp³-hybridized carbons (Fsp3) is 0.444.